The maximum absolute atomic E-state index is 13.6. The van der Waals surface area contributed by atoms with Crippen molar-refractivity contribution in [3.63, 3.8) is 0 Å². The summed E-state index contributed by atoms with van der Waals surface area (Å²) in [5.41, 5.74) is 5.53. The molecule has 14 heteroatoms. The molecule has 0 spiro atoms. The first kappa shape index (κ1) is 26.9. The number of piperazine rings is 1. The number of hydrogen-bond acceptors (Lipinski definition) is 9. The topological polar surface area (TPSA) is 128 Å². The van der Waals surface area contributed by atoms with Gasteiger partial charge >= 0.3 is 6.03 Å². The normalized spacial score (nSPS) is 14.1. The van der Waals surface area contributed by atoms with Crippen molar-refractivity contribution in [3.8, 4) is 5.82 Å². The number of halogens is 2. The number of amides is 2. The predicted molar refractivity (Wildman–Crippen MR) is 148 cm³/mol. The minimum atomic E-state index is -0.969. The van der Waals surface area contributed by atoms with Crippen LogP contribution in [0, 0.1) is 12.7 Å². The average molecular weight is 550 g/mol. The number of aryl methyl sites for hydroxylation is 1. The number of alkyl halides is 1. The van der Waals surface area contributed by atoms with E-state index in [0.717, 1.165) is 37.8 Å². The lowest BCUT2D eigenvalue weighted by Gasteiger charge is -2.32. The maximum Gasteiger partial charge on any atom is 0.323 e. The molecule has 5 rings (SSSR count). The standard InChI is InChI=1S/C26H29F2N11O/c1-17-3-4-20(34-26(40)33-19-5-6-21(28)18(11-19)14-27)12-22(17)35-25-31-16-32-39(25)24-13-23(29-15-30-24)36-38-9-7-37(2)8-10-38/h3-6,11-13,15-16H,7-10,14H2,1-2H3,(H,29,30,36)(H,31,32,35)(H2,33,34,40). The van der Waals surface area contributed by atoms with Gasteiger partial charge in [-0.2, -0.15) is 14.8 Å². The summed E-state index contributed by atoms with van der Waals surface area (Å²) >= 11 is 0. The SMILES string of the molecule is Cc1ccc(NC(=O)Nc2ccc(F)c(CF)c2)cc1Nc1ncnn1-c1cc(NN2CCN(C)CC2)ncn1. The molecule has 4 aromatic rings. The van der Waals surface area contributed by atoms with Crippen LogP contribution in [0.25, 0.3) is 5.82 Å². The molecule has 2 amide bonds. The Morgan fingerprint density at radius 1 is 0.950 bits per heavy atom. The molecular weight excluding hydrogens is 520 g/mol. The molecule has 1 aliphatic rings. The third-order valence-electron chi connectivity index (χ3n) is 6.38. The van der Waals surface area contributed by atoms with Crippen LogP contribution in [0.3, 0.4) is 0 Å². The highest BCUT2D eigenvalue weighted by molar-refractivity contribution is 6.00. The van der Waals surface area contributed by atoms with Crippen LogP contribution in [-0.4, -0.2) is 73.9 Å². The molecule has 0 bridgehead atoms. The van der Waals surface area contributed by atoms with Gasteiger partial charge < -0.3 is 26.3 Å². The van der Waals surface area contributed by atoms with E-state index in [-0.39, 0.29) is 11.3 Å². The number of benzene rings is 2. The molecule has 2 aromatic heterocycles. The second-order valence-electron chi connectivity index (χ2n) is 9.33. The lowest BCUT2D eigenvalue weighted by atomic mass is 10.2. The zero-order valence-electron chi connectivity index (χ0n) is 22.0. The van der Waals surface area contributed by atoms with Crippen LogP contribution in [0.4, 0.5) is 42.4 Å². The molecular formula is C26H29F2N11O. The van der Waals surface area contributed by atoms with Crippen LogP contribution in [0.1, 0.15) is 11.1 Å². The van der Waals surface area contributed by atoms with E-state index in [1.54, 1.807) is 22.9 Å². The zero-order chi connectivity index (χ0) is 28.1. The van der Waals surface area contributed by atoms with Gasteiger partial charge in [0.15, 0.2) is 5.82 Å². The number of carbonyl (C=O) groups is 1. The number of rotatable bonds is 8. The van der Waals surface area contributed by atoms with E-state index in [4.69, 9.17) is 0 Å². The molecule has 12 nitrogen and oxygen atoms in total. The fraction of sp³-hybridized carbons (Fsp3) is 0.269. The Morgan fingerprint density at radius 2 is 1.70 bits per heavy atom. The minimum absolute atomic E-state index is 0.130. The molecule has 0 radical (unpaired) electrons. The first-order valence-corrected chi connectivity index (χ1v) is 12.6. The van der Waals surface area contributed by atoms with E-state index < -0.39 is 18.5 Å². The van der Waals surface area contributed by atoms with Crippen molar-refractivity contribution in [2.24, 2.45) is 0 Å². The lowest BCUT2D eigenvalue weighted by Crippen LogP contribution is -2.47. The van der Waals surface area contributed by atoms with Crippen LogP contribution in [0.2, 0.25) is 0 Å². The van der Waals surface area contributed by atoms with Gasteiger partial charge in [0.25, 0.3) is 0 Å². The maximum atomic E-state index is 13.6. The Balaban J connectivity index is 1.27. The van der Waals surface area contributed by atoms with Crippen LogP contribution >= 0.6 is 0 Å². The fourth-order valence-electron chi connectivity index (χ4n) is 4.10. The summed E-state index contributed by atoms with van der Waals surface area (Å²) in [7, 11) is 2.10. The lowest BCUT2D eigenvalue weighted by molar-refractivity contribution is 0.178. The van der Waals surface area contributed by atoms with Gasteiger partial charge in [-0.15, -0.1) is 0 Å². The number of urea groups is 1. The minimum Gasteiger partial charge on any atom is -0.324 e. The van der Waals surface area contributed by atoms with Crippen LogP contribution in [0.5, 0.6) is 0 Å². The smallest absolute Gasteiger partial charge is 0.323 e. The molecule has 4 N–H and O–H groups in total. The number of carbonyl (C=O) groups excluding carboxylic acids is 1. The second kappa shape index (κ2) is 12.0. The number of nitrogens with one attached hydrogen (secondary N) is 4. The highest BCUT2D eigenvalue weighted by atomic mass is 19.1. The van der Waals surface area contributed by atoms with Gasteiger partial charge in [-0.1, -0.05) is 6.07 Å². The third-order valence-corrected chi connectivity index (χ3v) is 6.38. The Hall–Kier alpha value is -4.69. The highest BCUT2D eigenvalue weighted by Crippen LogP contribution is 2.25. The van der Waals surface area contributed by atoms with Gasteiger partial charge in [0.05, 0.1) is 0 Å². The van der Waals surface area contributed by atoms with Crippen LogP contribution in [0.15, 0.2) is 55.1 Å². The first-order chi connectivity index (χ1) is 19.4. The van der Waals surface area contributed by atoms with Gasteiger partial charge in [-0.05, 0) is 49.9 Å². The van der Waals surface area contributed by atoms with Crippen LogP contribution < -0.4 is 21.4 Å². The van der Waals surface area contributed by atoms with Crippen molar-refractivity contribution < 1.29 is 13.6 Å². The third kappa shape index (κ3) is 6.47. The Morgan fingerprint density at radius 3 is 2.48 bits per heavy atom. The van der Waals surface area contributed by atoms with Gasteiger partial charge in [-0.25, -0.2) is 28.6 Å². The van der Waals surface area contributed by atoms with E-state index >= 15 is 0 Å². The molecule has 1 saturated heterocycles. The number of anilines is 5. The molecule has 40 heavy (non-hydrogen) atoms. The second-order valence-corrected chi connectivity index (χ2v) is 9.33. The molecule has 1 aliphatic heterocycles. The van der Waals surface area contributed by atoms with Crippen LogP contribution in [-0.2, 0) is 6.67 Å². The van der Waals surface area contributed by atoms with E-state index in [1.807, 2.05) is 13.0 Å². The number of hydrogen-bond donors (Lipinski definition) is 4. The van der Waals surface area contributed by atoms with Gasteiger partial charge in [0, 0.05) is 54.9 Å². The van der Waals surface area contributed by atoms with Crippen molar-refractivity contribution in [2.75, 3.05) is 54.6 Å². The molecule has 0 atom stereocenters. The molecule has 0 unspecified atom stereocenters. The van der Waals surface area contributed by atoms with E-state index in [0.29, 0.717) is 29.0 Å². The number of nitrogens with zero attached hydrogens (tertiary/aromatic N) is 7. The first-order valence-electron chi connectivity index (χ1n) is 12.6. The molecule has 0 aliphatic carbocycles. The zero-order valence-corrected chi connectivity index (χ0v) is 22.0. The van der Waals surface area contributed by atoms with Gasteiger partial charge in [-0.3, -0.25) is 0 Å². The molecule has 208 valence electrons. The average Bonchev–Trinajstić information content (AvgIpc) is 3.41. The van der Waals surface area contributed by atoms with E-state index in [9.17, 15) is 13.6 Å². The largest absolute Gasteiger partial charge is 0.324 e. The molecule has 0 saturated carbocycles. The Labute approximate surface area is 229 Å². The van der Waals surface area contributed by atoms with Gasteiger partial charge in [0.2, 0.25) is 5.95 Å². The van der Waals surface area contributed by atoms with Crippen molar-refractivity contribution in [3.05, 3.63) is 72.1 Å². The van der Waals surface area contributed by atoms with Crippen molar-refractivity contribution >= 4 is 34.9 Å². The highest BCUT2D eigenvalue weighted by Gasteiger charge is 2.16. The fourth-order valence-corrected chi connectivity index (χ4v) is 4.10. The summed E-state index contributed by atoms with van der Waals surface area (Å²) < 4.78 is 28.1. The van der Waals surface area contributed by atoms with Gasteiger partial charge in [0.1, 0.15) is 31.0 Å². The quantitative estimate of drug-likeness (QED) is 0.258. The van der Waals surface area contributed by atoms with Crippen molar-refractivity contribution in [2.45, 2.75) is 13.6 Å². The number of hydrazine groups is 1. The summed E-state index contributed by atoms with van der Waals surface area (Å²) in [6.45, 7) is 4.61. The molecule has 3 heterocycles. The Bertz CT molecular complexity index is 1490. The van der Waals surface area contributed by atoms with Crippen molar-refractivity contribution in [1.29, 1.82) is 0 Å². The molecule has 2 aromatic carbocycles. The number of likely N-dealkylation sites (N-methyl/N-ethyl adjacent to an activating group) is 1. The Kier molecular flexibility index (Phi) is 8.07. The monoisotopic (exact) mass is 549 g/mol. The summed E-state index contributed by atoms with van der Waals surface area (Å²) in [6, 6.07) is 10.3. The number of aromatic nitrogens is 5. The summed E-state index contributed by atoms with van der Waals surface area (Å²) in [6.07, 6.45) is 2.88. The summed E-state index contributed by atoms with van der Waals surface area (Å²) in [4.78, 5) is 27.8. The summed E-state index contributed by atoms with van der Waals surface area (Å²) in [5.74, 6) is 0.910. The van der Waals surface area contributed by atoms with E-state index in [2.05, 4.69) is 58.4 Å². The van der Waals surface area contributed by atoms with Crippen molar-refractivity contribution in [1.82, 2.24) is 34.6 Å². The predicted octanol–water partition coefficient (Wildman–Crippen LogP) is 3.94. The summed E-state index contributed by atoms with van der Waals surface area (Å²) in [5, 5.41) is 15.0. The van der Waals surface area contributed by atoms with E-state index in [1.165, 1.54) is 24.8 Å². The molecule has 1 fully saturated rings.